The lowest BCUT2D eigenvalue weighted by molar-refractivity contribution is -0.199. The molecule has 11 nitrogen and oxygen atoms in total. The SMILES string of the molecule is Cc1ccn(-c2cc(Cl)ccc2C(Oc2nc(N)nc(N3CCC4(CC3)CNC(C(=O)O)C4)n2)C(F)(F)F)n1. The van der Waals surface area contributed by atoms with Crippen molar-refractivity contribution in [1.82, 2.24) is 30.0 Å². The lowest BCUT2D eigenvalue weighted by Crippen LogP contribution is -2.42. The third-order valence-electron chi connectivity index (χ3n) is 7.15. The van der Waals surface area contributed by atoms with Gasteiger partial charge in [-0.15, -0.1) is 0 Å². The minimum atomic E-state index is -4.85. The van der Waals surface area contributed by atoms with Gasteiger partial charge in [-0.1, -0.05) is 17.7 Å². The summed E-state index contributed by atoms with van der Waals surface area (Å²) in [5, 5.41) is 16.8. The van der Waals surface area contributed by atoms with Crippen LogP contribution in [0.25, 0.3) is 5.69 Å². The van der Waals surface area contributed by atoms with E-state index in [-0.39, 0.29) is 33.6 Å². The van der Waals surface area contributed by atoms with E-state index in [4.69, 9.17) is 22.1 Å². The molecule has 5 rings (SSSR count). The molecular formula is C24H26ClF3N8O3. The molecule has 0 radical (unpaired) electrons. The fourth-order valence-electron chi connectivity index (χ4n) is 5.11. The fraction of sp³-hybridized carbons (Fsp3) is 0.458. The summed E-state index contributed by atoms with van der Waals surface area (Å²) >= 11 is 6.10. The van der Waals surface area contributed by atoms with Crippen LogP contribution in [0, 0.1) is 12.3 Å². The van der Waals surface area contributed by atoms with Crippen LogP contribution < -0.4 is 20.7 Å². The van der Waals surface area contributed by atoms with Crippen LogP contribution in [-0.4, -0.2) is 67.7 Å². The van der Waals surface area contributed by atoms with Gasteiger partial charge in [0.25, 0.3) is 0 Å². The molecule has 208 valence electrons. The second-order valence-electron chi connectivity index (χ2n) is 9.88. The molecule has 2 saturated heterocycles. The van der Waals surface area contributed by atoms with Gasteiger partial charge < -0.3 is 25.8 Å². The maximum absolute atomic E-state index is 14.4. The smallest absolute Gasteiger partial charge is 0.429 e. The molecule has 1 spiro atoms. The summed E-state index contributed by atoms with van der Waals surface area (Å²) in [5.74, 6) is -1.08. The highest BCUT2D eigenvalue weighted by molar-refractivity contribution is 6.30. The van der Waals surface area contributed by atoms with Crippen molar-refractivity contribution in [3.05, 3.63) is 46.7 Å². The minimum absolute atomic E-state index is 0.0892. The third kappa shape index (κ3) is 5.71. The number of ether oxygens (including phenoxy) is 1. The van der Waals surface area contributed by atoms with Crippen LogP contribution in [0.1, 0.15) is 36.6 Å². The van der Waals surface area contributed by atoms with E-state index < -0.39 is 30.3 Å². The summed E-state index contributed by atoms with van der Waals surface area (Å²) in [7, 11) is 0. The van der Waals surface area contributed by atoms with E-state index in [0.717, 1.165) is 0 Å². The number of alkyl halides is 3. The number of rotatable bonds is 6. The average Bonchev–Trinajstić information content (AvgIpc) is 3.49. The Morgan fingerprint density at radius 3 is 2.62 bits per heavy atom. The number of halogens is 4. The van der Waals surface area contributed by atoms with Gasteiger partial charge in [-0.2, -0.15) is 33.2 Å². The molecule has 0 bridgehead atoms. The first kappa shape index (κ1) is 26.9. The number of carboxylic acid groups (broad SMARTS) is 1. The number of carbonyl (C=O) groups is 1. The van der Waals surface area contributed by atoms with E-state index in [1.807, 2.05) is 0 Å². The van der Waals surface area contributed by atoms with Crippen molar-refractivity contribution in [1.29, 1.82) is 0 Å². The number of anilines is 2. The topological polar surface area (TPSA) is 144 Å². The molecule has 0 saturated carbocycles. The normalized spacial score (nSPS) is 19.8. The van der Waals surface area contributed by atoms with Gasteiger partial charge in [-0.25, -0.2) is 4.68 Å². The highest BCUT2D eigenvalue weighted by Crippen LogP contribution is 2.41. The summed E-state index contributed by atoms with van der Waals surface area (Å²) in [6.45, 7) is 3.24. The second-order valence-corrected chi connectivity index (χ2v) is 10.3. The summed E-state index contributed by atoms with van der Waals surface area (Å²) in [6.07, 6.45) is -3.94. The number of hydrogen-bond donors (Lipinski definition) is 3. The number of aliphatic carboxylic acids is 1. The molecule has 0 aliphatic carbocycles. The largest absolute Gasteiger partial charge is 0.480 e. The Balaban J connectivity index is 1.40. The number of nitrogens with zero attached hydrogens (tertiary/aromatic N) is 6. The number of nitrogens with one attached hydrogen (secondary N) is 1. The van der Waals surface area contributed by atoms with Crippen LogP contribution in [0.4, 0.5) is 25.1 Å². The van der Waals surface area contributed by atoms with E-state index in [1.54, 1.807) is 17.9 Å². The Morgan fingerprint density at radius 1 is 1.26 bits per heavy atom. The summed E-state index contributed by atoms with van der Waals surface area (Å²) < 4.78 is 49.7. The van der Waals surface area contributed by atoms with Gasteiger partial charge in [0.2, 0.25) is 18.0 Å². The number of benzene rings is 1. The maximum atomic E-state index is 14.4. The van der Waals surface area contributed by atoms with Gasteiger partial charge in [-0.05, 0) is 49.8 Å². The zero-order chi connectivity index (χ0) is 27.9. The van der Waals surface area contributed by atoms with Crippen LogP contribution in [-0.2, 0) is 4.79 Å². The Labute approximate surface area is 226 Å². The summed E-state index contributed by atoms with van der Waals surface area (Å²) in [5.41, 5.74) is 6.13. The van der Waals surface area contributed by atoms with E-state index in [1.165, 1.54) is 29.1 Å². The monoisotopic (exact) mass is 566 g/mol. The third-order valence-corrected chi connectivity index (χ3v) is 7.39. The van der Waals surface area contributed by atoms with Crippen molar-refractivity contribution >= 4 is 29.5 Å². The lowest BCUT2D eigenvalue weighted by atomic mass is 9.76. The van der Waals surface area contributed by atoms with Crippen LogP contribution in [0.5, 0.6) is 6.01 Å². The summed E-state index contributed by atoms with van der Waals surface area (Å²) in [6, 6.07) is 4.41. The Hall–Kier alpha value is -3.65. The number of aromatic nitrogens is 5. The van der Waals surface area contributed by atoms with Gasteiger partial charge in [0, 0.05) is 36.4 Å². The highest BCUT2D eigenvalue weighted by atomic mass is 35.5. The van der Waals surface area contributed by atoms with Crippen molar-refractivity contribution in [2.75, 3.05) is 30.3 Å². The Bertz CT molecular complexity index is 1380. The number of aryl methyl sites for hydroxylation is 1. The first-order chi connectivity index (χ1) is 18.4. The van der Waals surface area contributed by atoms with Crippen molar-refractivity contribution in [3.8, 4) is 11.7 Å². The first-order valence-corrected chi connectivity index (χ1v) is 12.6. The lowest BCUT2D eigenvalue weighted by Gasteiger charge is -2.38. The molecule has 2 aromatic heterocycles. The molecule has 2 aliphatic heterocycles. The molecule has 4 N–H and O–H groups in total. The molecule has 15 heteroatoms. The maximum Gasteiger partial charge on any atom is 0.429 e. The second kappa shape index (κ2) is 10.2. The zero-order valence-corrected chi connectivity index (χ0v) is 21.6. The van der Waals surface area contributed by atoms with Crippen LogP contribution in [0.2, 0.25) is 5.02 Å². The van der Waals surface area contributed by atoms with Crippen molar-refractivity contribution in [3.63, 3.8) is 0 Å². The van der Waals surface area contributed by atoms with Gasteiger partial charge in [0.05, 0.1) is 11.4 Å². The molecule has 2 atom stereocenters. The fourth-order valence-corrected chi connectivity index (χ4v) is 5.27. The average molecular weight is 567 g/mol. The van der Waals surface area contributed by atoms with E-state index >= 15 is 0 Å². The number of nitrogens with two attached hydrogens (primary N) is 1. The molecule has 39 heavy (non-hydrogen) atoms. The molecule has 2 unspecified atom stereocenters. The van der Waals surface area contributed by atoms with Crippen molar-refractivity contribution in [2.45, 2.75) is 44.5 Å². The predicted molar refractivity (Wildman–Crippen MR) is 135 cm³/mol. The van der Waals surface area contributed by atoms with E-state index in [9.17, 15) is 23.1 Å². The number of piperidine rings is 1. The predicted octanol–water partition coefficient (Wildman–Crippen LogP) is 3.32. The van der Waals surface area contributed by atoms with Crippen LogP contribution in [0.3, 0.4) is 0 Å². The van der Waals surface area contributed by atoms with Crippen LogP contribution >= 0.6 is 11.6 Å². The molecule has 0 amide bonds. The zero-order valence-electron chi connectivity index (χ0n) is 20.8. The van der Waals surface area contributed by atoms with E-state index in [0.29, 0.717) is 44.6 Å². The first-order valence-electron chi connectivity index (χ1n) is 12.2. The summed E-state index contributed by atoms with van der Waals surface area (Å²) in [4.78, 5) is 25.2. The van der Waals surface area contributed by atoms with Gasteiger partial charge >= 0.3 is 18.2 Å². The van der Waals surface area contributed by atoms with Crippen molar-refractivity contribution < 1.29 is 27.8 Å². The van der Waals surface area contributed by atoms with Gasteiger partial charge in [0.1, 0.15) is 6.04 Å². The molecule has 4 heterocycles. The van der Waals surface area contributed by atoms with Gasteiger partial charge in [-0.3, -0.25) is 4.79 Å². The van der Waals surface area contributed by atoms with E-state index in [2.05, 4.69) is 25.4 Å². The minimum Gasteiger partial charge on any atom is -0.480 e. The molecule has 2 fully saturated rings. The Kier molecular flexibility index (Phi) is 7.01. The standard InChI is InChI=1S/C24H26ClF3N8O3/c1-13-4-7-36(34-13)17-10-14(25)2-3-15(17)18(24(26,27)28)39-22-32-20(29)31-21(33-22)35-8-5-23(6-9-35)11-16(19(37)38)30-12-23/h2-4,7,10,16,18,30H,5-6,8-9,11-12H2,1H3,(H,37,38)(H2,29,31,32,33). The number of nitrogen functional groups attached to an aromatic ring is 1. The van der Waals surface area contributed by atoms with Crippen LogP contribution in [0.15, 0.2) is 30.5 Å². The molecule has 3 aromatic rings. The number of carboxylic acids is 1. The highest BCUT2D eigenvalue weighted by Gasteiger charge is 2.46. The molecule has 2 aliphatic rings. The number of hydrogen-bond acceptors (Lipinski definition) is 9. The molecular weight excluding hydrogens is 541 g/mol. The van der Waals surface area contributed by atoms with Gasteiger partial charge in [0.15, 0.2) is 0 Å². The van der Waals surface area contributed by atoms with Crippen molar-refractivity contribution in [2.24, 2.45) is 5.41 Å². The molecule has 1 aromatic carbocycles. The Morgan fingerprint density at radius 2 is 2.00 bits per heavy atom. The quantitative estimate of drug-likeness (QED) is 0.406.